The second-order valence-electron chi connectivity index (χ2n) is 4.84. The first-order chi connectivity index (χ1) is 10.2. The smallest absolute Gasteiger partial charge is 0.183 e. The first-order valence-electron chi connectivity index (χ1n) is 6.81. The maximum atomic E-state index is 11.7. The fourth-order valence-corrected chi connectivity index (χ4v) is 1.85. The molecule has 2 rings (SSSR count). The highest BCUT2D eigenvalue weighted by atomic mass is 16.5. The molecule has 1 N–H and O–H groups in total. The summed E-state index contributed by atoms with van der Waals surface area (Å²) in [4.78, 5) is 19.7. The van der Waals surface area contributed by atoms with Gasteiger partial charge in [0.25, 0.3) is 0 Å². The summed E-state index contributed by atoms with van der Waals surface area (Å²) in [7, 11) is 0. The Hall–Kier alpha value is -2.20. The number of nitrogens with one attached hydrogen (secondary N) is 1. The molecule has 0 bridgehead atoms. The van der Waals surface area contributed by atoms with Gasteiger partial charge in [0.05, 0.1) is 6.54 Å². The Balaban J connectivity index is 0.00000106. The molecular formula is C17H21NO3. The predicted octanol–water partition coefficient (Wildman–Crippen LogP) is 2.60. The molecule has 0 aliphatic carbocycles. The molecule has 0 aliphatic rings. The van der Waals surface area contributed by atoms with Crippen LogP contribution >= 0.6 is 0 Å². The summed E-state index contributed by atoms with van der Waals surface area (Å²) >= 11 is 0. The van der Waals surface area contributed by atoms with Gasteiger partial charge in [-0.2, -0.15) is 0 Å². The van der Waals surface area contributed by atoms with Crippen molar-refractivity contribution in [1.29, 1.82) is 0 Å². The normalized spacial score (nSPS) is 10.0. The quantitative estimate of drug-likeness (QED) is 0.887. The molecule has 0 radical (unpaired) electrons. The summed E-state index contributed by atoms with van der Waals surface area (Å²) in [6.45, 7) is 6.48. The number of carbonyl (C=O) groups excluding carboxylic acids is 2. The number of ketones is 1. The van der Waals surface area contributed by atoms with E-state index in [1.165, 1.54) is 0 Å². The van der Waals surface area contributed by atoms with Crippen LogP contribution in [0.25, 0.3) is 10.8 Å². The van der Waals surface area contributed by atoms with Crippen molar-refractivity contribution in [2.24, 2.45) is 0 Å². The third-order valence-electron chi connectivity index (χ3n) is 2.85. The molecule has 0 fully saturated rings. The van der Waals surface area contributed by atoms with Crippen molar-refractivity contribution in [2.75, 3.05) is 13.2 Å². The number of hydrogen-bond acceptors (Lipinski definition) is 4. The molecule has 0 amide bonds. The maximum absolute atomic E-state index is 11.7. The number of carbonyl (C=O) groups is 2. The highest BCUT2D eigenvalue weighted by Crippen LogP contribution is 2.24. The molecule has 21 heavy (non-hydrogen) atoms. The zero-order chi connectivity index (χ0) is 15.7. The van der Waals surface area contributed by atoms with Crippen molar-refractivity contribution >= 4 is 23.3 Å². The fourth-order valence-electron chi connectivity index (χ4n) is 1.85. The van der Waals surface area contributed by atoms with Gasteiger partial charge in [-0.3, -0.25) is 4.79 Å². The molecular weight excluding hydrogens is 266 g/mol. The van der Waals surface area contributed by atoms with E-state index in [-0.39, 0.29) is 12.4 Å². The fraction of sp³-hybridized carbons (Fsp3) is 0.294. The number of fused-ring (bicyclic) bond motifs is 1. The second kappa shape index (κ2) is 8.87. The van der Waals surface area contributed by atoms with Crippen LogP contribution < -0.4 is 10.1 Å². The van der Waals surface area contributed by atoms with Gasteiger partial charge in [0.2, 0.25) is 0 Å². The number of rotatable bonds is 6. The lowest BCUT2D eigenvalue weighted by atomic mass is 10.1. The van der Waals surface area contributed by atoms with Crippen LogP contribution in [0.4, 0.5) is 0 Å². The zero-order valence-electron chi connectivity index (χ0n) is 12.5. The predicted molar refractivity (Wildman–Crippen MR) is 84.7 cm³/mol. The third-order valence-corrected chi connectivity index (χ3v) is 2.85. The molecule has 0 saturated heterocycles. The standard InChI is InChI=1S/C16H19NO2.CH2O/c1-12(2)17-10-14(18)11-19-16-9-5-7-13-6-3-4-8-15(13)16;1-2/h3-9,12,17H,10-11H2,1-2H3;1H2. The van der Waals surface area contributed by atoms with Crippen LogP contribution in [0, 0.1) is 0 Å². The summed E-state index contributed by atoms with van der Waals surface area (Å²) < 4.78 is 5.62. The van der Waals surface area contributed by atoms with Gasteiger partial charge < -0.3 is 14.8 Å². The summed E-state index contributed by atoms with van der Waals surface area (Å²) in [5.74, 6) is 0.817. The Morgan fingerprint density at radius 1 is 1.14 bits per heavy atom. The topological polar surface area (TPSA) is 55.4 Å². The van der Waals surface area contributed by atoms with Crippen LogP contribution in [-0.4, -0.2) is 31.8 Å². The Kier molecular flexibility index (Phi) is 7.12. The average molecular weight is 287 g/mol. The average Bonchev–Trinajstić information content (AvgIpc) is 2.52. The maximum Gasteiger partial charge on any atom is 0.183 e. The van der Waals surface area contributed by atoms with Gasteiger partial charge >= 0.3 is 0 Å². The Morgan fingerprint density at radius 3 is 2.52 bits per heavy atom. The van der Waals surface area contributed by atoms with Gasteiger partial charge in [-0.05, 0) is 11.5 Å². The Labute approximate surface area is 125 Å². The van der Waals surface area contributed by atoms with Gasteiger partial charge in [-0.15, -0.1) is 0 Å². The van der Waals surface area contributed by atoms with Gasteiger partial charge in [0, 0.05) is 11.4 Å². The summed E-state index contributed by atoms with van der Waals surface area (Å²) in [5, 5.41) is 5.24. The van der Waals surface area contributed by atoms with E-state index in [1.807, 2.05) is 63.1 Å². The Bertz CT molecular complexity index is 576. The van der Waals surface area contributed by atoms with Crippen LogP contribution in [0.3, 0.4) is 0 Å². The number of hydrogen-bond donors (Lipinski definition) is 1. The molecule has 4 nitrogen and oxygen atoms in total. The van der Waals surface area contributed by atoms with Crippen molar-refractivity contribution in [3.63, 3.8) is 0 Å². The lowest BCUT2D eigenvalue weighted by molar-refractivity contribution is -0.120. The first-order valence-corrected chi connectivity index (χ1v) is 6.81. The van der Waals surface area contributed by atoms with Crippen molar-refractivity contribution in [3.05, 3.63) is 42.5 Å². The molecule has 0 saturated carbocycles. The number of Topliss-reactive ketones (excluding diaryl/α,β-unsaturated/α-hetero) is 1. The molecule has 0 aromatic heterocycles. The molecule has 0 aliphatic heterocycles. The van der Waals surface area contributed by atoms with Crippen molar-refractivity contribution in [1.82, 2.24) is 5.32 Å². The lowest BCUT2D eigenvalue weighted by Gasteiger charge is -2.10. The van der Waals surface area contributed by atoms with Crippen LogP contribution in [-0.2, 0) is 9.59 Å². The van der Waals surface area contributed by atoms with E-state index in [0.717, 1.165) is 16.5 Å². The summed E-state index contributed by atoms with van der Waals surface area (Å²) in [5.41, 5.74) is 0. The van der Waals surface area contributed by atoms with Gasteiger partial charge in [-0.25, -0.2) is 0 Å². The Morgan fingerprint density at radius 2 is 1.81 bits per heavy atom. The van der Waals surface area contributed by atoms with Gasteiger partial charge in [0.1, 0.15) is 19.1 Å². The molecule has 0 heterocycles. The van der Waals surface area contributed by atoms with Crippen molar-refractivity contribution in [3.8, 4) is 5.75 Å². The van der Waals surface area contributed by atoms with Crippen LogP contribution in [0.5, 0.6) is 5.75 Å². The molecule has 0 atom stereocenters. The number of ether oxygens (including phenoxy) is 1. The van der Waals surface area contributed by atoms with Gasteiger partial charge in [-0.1, -0.05) is 50.2 Å². The molecule has 0 unspecified atom stereocenters. The van der Waals surface area contributed by atoms with Crippen LogP contribution in [0.2, 0.25) is 0 Å². The molecule has 2 aromatic carbocycles. The first kappa shape index (κ1) is 16.9. The van der Waals surface area contributed by atoms with Crippen LogP contribution in [0.15, 0.2) is 42.5 Å². The summed E-state index contributed by atoms with van der Waals surface area (Å²) in [6, 6.07) is 14.2. The summed E-state index contributed by atoms with van der Waals surface area (Å²) in [6.07, 6.45) is 0. The molecule has 4 heteroatoms. The van der Waals surface area contributed by atoms with Crippen molar-refractivity contribution < 1.29 is 14.3 Å². The third kappa shape index (κ3) is 5.36. The van der Waals surface area contributed by atoms with Crippen LogP contribution in [0.1, 0.15) is 13.8 Å². The minimum absolute atomic E-state index is 0.0571. The lowest BCUT2D eigenvalue weighted by Crippen LogP contribution is -2.31. The van der Waals surface area contributed by atoms with E-state index in [4.69, 9.17) is 9.53 Å². The zero-order valence-corrected chi connectivity index (χ0v) is 12.5. The van der Waals surface area contributed by atoms with E-state index in [2.05, 4.69) is 5.32 Å². The minimum Gasteiger partial charge on any atom is -0.485 e. The molecule has 0 spiro atoms. The largest absolute Gasteiger partial charge is 0.485 e. The second-order valence-corrected chi connectivity index (χ2v) is 4.84. The minimum atomic E-state index is 0.0571. The van der Waals surface area contributed by atoms with Crippen molar-refractivity contribution in [2.45, 2.75) is 19.9 Å². The molecule has 2 aromatic rings. The highest BCUT2D eigenvalue weighted by Gasteiger charge is 2.06. The van der Waals surface area contributed by atoms with E-state index in [1.54, 1.807) is 0 Å². The molecule has 112 valence electrons. The van der Waals surface area contributed by atoms with Gasteiger partial charge in [0.15, 0.2) is 5.78 Å². The SMILES string of the molecule is C=O.CC(C)NCC(=O)COc1cccc2ccccc12. The van der Waals surface area contributed by atoms with E-state index in [9.17, 15) is 4.79 Å². The van der Waals surface area contributed by atoms with E-state index < -0.39 is 0 Å². The van der Waals surface area contributed by atoms with E-state index >= 15 is 0 Å². The van der Waals surface area contributed by atoms with E-state index in [0.29, 0.717) is 12.6 Å². The highest BCUT2D eigenvalue weighted by molar-refractivity contribution is 5.89. The number of benzene rings is 2. The monoisotopic (exact) mass is 287 g/mol.